The standard InChI is InChI=1S/C6H14O6S2/c1-2-3-4-12-14(10,11)6-5-13(7,8)9/h2-6H2,1H3,(H,7,8,9). The Kier molecular flexibility index (Phi) is 5.57. The first-order valence-corrected chi connectivity index (χ1v) is 7.28. The summed E-state index contributed by atoms with van der Waals surface area (Å²) < 4.78 is 55.2. The van der Waals surface area contributed by atoms with E-state index in [1.807, 2.05) is 6.92 Å². The maximum Gasteiger partial charge on any atom is 0.268 e. The zero-order chi connectivity index (χ0) is 11.2. The molecule has 0 rings (SSSR count). The Hall–Kier alpha value is -0.180. The Labute approximate surface area is 84.1 Å². The summed E-state index contributed by atoms with van der Waals surface area (Å²) in [6, 6.07) is 0. The van der Waals surface area contributed by atoms with Gasteiger partial charge in [0.15, 0.2) is 0 Å². The topological polar surface area (TPSA) is 97.7 Å². The molecule has 0 fully saturated rings. The molecular formula is C6H14O6S2. The summed E-state index contributed by atoms with van der Waals surface area (Å²) in [6.07, 6.45) is 1.37. The quantitative estimate of drug-likeness (QED) is 0.386. The molecule has 0 aliphatic heterocycles. The fourth-order valence-electron chi connectivity index (χ4n) is 0.597. The SMILES string of the molecule is CCCCOS(=O)(=O)CCS(=O)(=O)O. The molecule has 0 saturated heterocycles. The predicted octanol–water partition coefficient (Wildman–Crippen LogP) is 0.0207. The minimum Gasteiger partial charge on any atom is -0.286 e. The van der Waals surface area contributed by atoms with E-state index in [0.29, 0.717) is 6.42 Å². The smallest absolute Gasteiger partial charge is 0.268 e. The highest BCUT2D eigenvalue weighted by Crippen LogP contribution is 1.98. The van der Waals surface area contributed by atoms with E-state index in [2.05, 4.69) is 4.18 Å². The summed E-state index contributed by atoms with van der Waals surface area (Å²) in [5.74, 6) is -1.54. The van der Waals surface area contributed by atoms with Crippen LogP contribution in [0.15, 0.2) is 0 Å². The number of hydrogen-bond acceptors (Lipinski definition) is 5. The van der Waals surface area contributed by atoms with Crippen LogP contribution in [0.3, 0.4) is 0 Å². The zero-order valence-corrected chi connectivity index (χ0v) is 9.47. The van der Waals surface area contributed by atoms with Crippen molar-refractivity contribution < 1.29 is 25.6 Å². The first-order chi connectivity index (χ1) is 6.27. The lowest BCUT2D eigenvalue weighted by Crippen LogP contribution is -2.19. The number of rotatable bonds is 7. The maximum absolute atomic E-state index is 11.0. The molecule has 0 radical (unpaired) electrons. The summed E-state index contributed by atoms with van der Waals surface area (Å²) in [6.45, 7) is 1.92. The predicted molar refractivity (Wildman–Crippen MR) is 51.1 cm³/mol. The van der Waals surface area contributed by atoms with Gasteiger partial charge in [-0.05, 0) is 6.42 Å². The number of hydrogen-bond donors (Lipinski definition) is 1. The van der Waals surface area contributed by atoms with E-state index in [9.17, 15) is 16.8 Å². The van der Waals surface area contributed by atoms with E-state index in [0.717, 1.165) is 6.42 Å². The minimum absolute atomic E-state index is 0.0459. The van der Waals surface area contributed by atoms with Gasteiger partial charge >= 0.3 is 0 Å². The van der Waals surface area contributed by atoms with Gasteiger partial charge in [0.1, 0.15) is 0 Å². The monoisotopic (exact) mass is 246 g/mol. The van der Waals surface area contributed by atoms with Crippen molar-refractivity contribution in [1.29, 1.82) is 0 Å². The normalized spacial score (nSPS) is 13.0. The van der Waals surface area contributed by atoms with Gasteiger partial charge in [0.25, 0.3) is 20.2 Å². The Morgan fingerprint density at radius 3 is 2.14 bits per heavy atom. The molecule has 8 heteroatoms. The molecule has 86 valence electrons. The molecule has 0 saturated carbocycles. The lowest BCUT2D eigenvalue weighted by molar-refractivity contribution is 0.311. The molecule has 0 heterocycles. The second-order valence-corrected chi connectivity index (χ2v) is 6.05. The van der Waals surface area contributed by atoms with E-state index in [-0.39, 0.29) is 6.61 Å². The molecule has 14 heavy (non-hydrogen) atoms. The lowest BCUT2D eigenvalue weighted by atomic mass is 10.4. The van der Waals surface area contributed by atoms with Crippen LogP contribution in [0, 0.1) is 0 Å². The van der Waals surface area contributed by atoms with Crippen molar-refractivity contribution in [3.05, 3.63) is 0 Å². The molecular weight excluding hydrogens is 232 g/mol. The summed E-state index contributed by atoms with van der Waals surface area (Å²) in [7, 11) is -8.07. The fraction of sp³-hybridized carbons (Fsp3) is 1.00. The molecule has 0 aliphatic rings. The first-order valence-electron chi connectivity index (χ1n) is 4.09. The van der Waals surface area contributed by atoms with Crippen LogP contribution >= 0.6 is 0 Å². The van der Waals surface area contributed by atoms with Gasteiger partial charge in [-0.25, -0.2) is 0 Å². The van der Waals surface area contributed by atoms with Gasteiger partial charge in [0.05, 0.1) is 18.1 Å². The summed E-state index contributed by atoms with van der Waals surface area (Å²) in [5.41, 5.74) is 0. The Morgan fingerprint density at radius 1 is 1.14 bits per heavy atom. The van der Waals surface area contributed by atoms with E-state index in [4.69, 9.17) is 4.55 Å². The highest BCUT2D eigenvalue weighted by Gasteiger charge is 2.15. The van der Waals surface area contributed by atoms with Crippen molar-refractivity contribution in [2.45, 2.75) is 19.8 Å². The third-order valence-corrected chi connectivity index (χ3v) is 3.56. The molecule has 6 nitrogen and oxygen atoms in total. The van der Waals surface area contributed by atoms with Crippen LogP contribution in [0.1, 0.15) is 19.8 Å². The summed E-state index contributed by atoms with van der Waals surface area (Å²) in [5, 5.41) is 0. The minimum atomic E-state index is -4.25. The molecule has 0 bridgehead atoms. The Morgan fingerprint density at radius 2 is 1.71 bits per heavy atom. The molecule has 0 aliphatic carbocycles. The van der Waals surface area contributed by atoms with Crippen LogP contribution < -0.4 is 0 Å². The van der Waals surface area contributed by atoms with E-state index in [1.165, 1.54) is 0 Å². The van der Waals surface area contributed by atoms with E-state index >= 15 is 0 Å². The highest BCUT2D eigenvalue weighted by atomic mass is 32.2. The third-order valence-electron chi connectivity index (χ3n) is 1.35. The molecule has 0 aromatic heterocycles. The molecule has 0 aromatic carbocycles. The third kappa shape index (κ3) is 8.42. The van der Waals surface area contributed by atoms with Crippen LogP contribution in [0.4, 0.5) is 0 Å². The largest absolute Gasteiger partial charge is 0.286 e. The van der Waals surface area contributed by atoms with Crippen molar-refractivity contribution in [2.75, 3.05) is 18.1 Å². The fourth-order valence-corrected chi connectivity index (χ4v) is 2.75. The van der Waals surface area contributed by atoms with Crippen molar-refractivity contribution in [1.82, 2.24) is 0 Å². The van der Waals surface area contributed by atoms with Crippen molar-refractivity contribution in [3.63, 3.8) is 0 Å². The molecule has 0 atom stereocenters. The van der Waals surface area contributed by atoms with Gasteiger partial charge in [-0.15, -0.1) is 0 Å². The summed E-state index contributed by atoms with van der Waals surface area (Å²) >= 11 is 0. The lowest BCUT2D eigenvalue weighted by Gasteiger charge is -2.03. The van der Waals surface area contributed by atoms with Gasteiger partial charge in [0, 0.05) is 0 Å². The molecule has 0 amide bonds. The van der Waals surface area contributed by atoms with E-state index < -0.39 is 31.7 Å². The van der Waals surface area contributed by atoms with Gasteiger partial charge in [-0.2, -0.15) is 16.8 Å². The Bertz CT molecular complexity index is 341. The van der Waals surface area contributed by atoms with Crippen molar-refractivity contribution in [2.24, 2.45) is 0 Å². The van der Waals surface area contributed by atoms with Gasteiger partial charge in [0.2, 0.25) is 0 Å². The maximum atomic E-state index is 11.0. The van der Waals surface area contributed by atoms with Crippen LogP contribution in [-0.2, 0) is 24.4 Å². The second-order valence-electron chi connectivity index (χ2n) is 2.72. The highest BCUT2D eigenvalue weighted by molar-refractivity contribution is 7.90. The van der Waals surface area contributed by atoms with Crippen molar-refractivity contribution in [3.8, 4) is 0 Å². The van der Waals surface area contributed by atoms with E-state index in [1.54, 1.807) is 0 Å². The van der Waals surface area contributed by atoms with Crippen molar-refractivity contribution >= 4 is 20.2 Å². The van der Waals surface area contributed by atoms with Crippen LogP contribution in [0.2, 0.25) is 0 Å². The zero-order valence-electron chi connectivity index (χ0n) is 7.84. The number of unbranched alkanes of at least 4 members (excludes halogenated alkanes) is 1. The summed E-state index contributed by atoms with van der Waals surface area (Å²) in [4.78, 5) is 0. The van der Waals surface area contributed by atoms with Gasteiger partial charge in [-0.3, -0.25) is 8.74 Å². The average molecular weight is 246 g/mol. The average Bonchev–Trinajstić information content (AvgIpc) is 2.00. The first kappa shape index (κ1) is 13.8. The molecule has 0 aromatic rings. The molecule has 0 unspecified atom stereocenters. The Balaban J connectivity index is 3.97. The van der Waals surface area contributed by atoms with Crippen LogP contribution in [0.5, 0.6) is 0 Å². The van der Waals surface area contributed by atoms with Gasteiger partial charge < -0.3 is 0 Å². The van der Waals surface area contributed by atoms with Crippen LogP contribution in [0.25, 0.3) is 0 Å². The van der Waals surface area contributed by atoms with Crippen LogP contribution in [-0.4, -0.2) is 39.5 Å². The van der Waals surface area contributed by atoms with Gasteiger partial charge in [-0.1, -0.05) is 13.3 Å². The molecule has 0 spiro atoms. The second kappa shape index (κ2) is 5.64. The molecule has 1 N–H and O–H groups in total.